The standard InChI is InChI=1S/C8H5F11O3/c9-3(10)5(11,12)1-21-4(20)22-2-6(13,14)7(15,16)8(17,18)19/h3H,1-2H2. The van der Waals surface area contributed by atoms with Crippen LogP contribution in [0.1, 0.15) is 0 Å². The van der Waals surface area contributed by atoms with E-state index >= 15 is 0 Å². The van der Waals surface area contributed by atoms with E-state index in [0.29, 0.717) is 0 Å². The third kappa shape index (κ3) is 4.76. The van der Waals surface area contributed by atoms with Crippen molar-refractivity contribution in [1.82, 2.24) is 0 Å². The summed E-state index contributed by atoms with van der Waals surface area (Å²) in [6.45, 7) is -5.23. The van der Waals surface area contributed by atoms with Crippen molar-refractivity contribution in [3.8, 4) is 0 Å². The van der Waals surface area contributed by atoms with E-state index < -0.39 is 49.7 Å². The Bertz CT molecular complexity index is 389. The first-order valence-corrected chi connectivity index (χ1v) is 4.82. The van der Waals surface area contributed by atoms with Crippen LogP contribution in [-0.4, -0.2) is 49.7 Å². The van der Waals surface area contributed by atoms with Crippen molar-refractivity contribution in [3.63, 3.8) is 0 Å². The van der Waals surface area contributed by atoms with Gasteiger partial charge in [0.1, 0.15) is 0 Å². The Morgan fingerprint density at radius 3 is 1.59 bits per heavy atom. The monoisotopic (exact) mass is 358 g/mol. The van der Waals surface area contributed by atoms with Crippen LogP contribution in [0.4, 0.5) is 53.1 Å². The molecule has 22 heavy (non-hydrogen) atoms. The molecule has 132 valence electrons. The van der Waals surface area contributed by atoms with Gasteiger partial charge in [-0.25, -0.2) is 13.6 Å². The number of alkyl halides is 11. The van der Waals surface area contributed by atoms with E-state index in [2.05, 4.69) is 9.47 Å². The van der Waals surface area contributed by atoms with Crippen LogP contribution in [-0.2, 0) is 9.47 Å². The largest absolute Gasteiger partial charge is 0.508 e. The number of hydrogen-bond acceptors (Lipinski definition) is 3. The van der Waals surface area contributed by atoms with Gasteiger partial charge in [0.15, 0.2) is 13.2 Å². The van der Waals surface area contributed by atoms with E-state index in [-0.39, 0.29) is 0 Å². The van der Waals surface area contributed by atoms with Gasteiger partial charge >= 0.3 is 36.5 Å². The average molecular weight is 358 g/mol. The molecule has 0 fully saturated rings. The summed E-state index contributed by atoms with van der Waals surface area (Å²) in [5.74, 6) is -17.4. The first-order valence-electron chi connectivity index (χ1n) is 4.82. The molecule has 0 aromatic rings. The number of ether oxygens (including phenoxy) is 2. The molecule has 14 heteroatoms. The minimum Gasteiger partial charge on any atom is -0.428 e. The summed E-state index contributed by atoms with van der Waals surface area (Å²) in [5, 5.41) is 0. The van der Waals surface area contributed by atoms with Crippen LogP contribution < -0.4 is 0 Å². The van der Waals surface area contributed by atoms with Gasteiger partial charge in [-0.15, -0.1) is 0 Å². The SMILES string of the molecule is O=C(OCC(F)(F)C(F)F)OCC(F)(F)C(F)(F)C(F)(F)F. The van der Waals surface area contributed by atoms with Gasteiger partial charge in [-0.2, -0.15) is 39.5 Å². The van der Waals surface area contributed by atoms with Gasteiger partial charge in [-0.05, 0) is 0 Å². The molecule has 0 bridgehead atoms. The molecule has 0 aliphatic heterocycles. The van der Waals surface area contributed by atoms with E-state index in [1.54, 1.807) is 0 Å². The first kappa shape index (κ1) is 20.5. The summed E-state index contributed by atoms with van der Waals surface area (Å²) in [6.07, 6.45) is -13.6. The molecule has 0 amide bonds. The first-order chi connectivity index (χ1) is 9.54. The second kappa shape index (κ2) is 6.32. The molecular formula is C8H5F11O3. The molecule has 0 aromatic heterocycles. The Morgan fingerprint density at radius 1 is 0.818 bits per heavy atom. The summed E-state index contributed by atoms with van der Waals surface area (Å²) in [6, 6.07) is 0. The van der Waals surface area contributed by atoms with Crippen LogP contribution in [0.5, 0.6) is 0 Å². The Kier molecular flexibility index (Phi) is 5.89. The molecule has 3 nitrogen and oxygen atoms in total. The molecular weight excluding hydrogens is 353 g/mol. The highest BCUT2D eigenvalue weighted by Gasteiger charge is 2.73. The number of carbonyl (C=O) groups excluding carboxylic acids is 1. The predicted octanol–water partition coefficient (Wildman–Crippen LogP) is 3.87. The van der Waals surface area contributed by atoms with Crippen LogP contribution in [0.25, 0.3) is 0 Å². The van der Waals surface area contributed by atoms with Crippen molar-refractivity contribution >= 4 is 6.16 Å². The van der Waals surface area contributed by atoms with Crippen LogP contribution in [0.15, 0.2) is 0 Å². The fourth-order valence-electron chi connectivity index (χ4n) is 0.707. The zero-order valence-corrected chi connectivity index (χ0v) is 9.87. The summed E-state index contributed by atoms with van der Waals surface area (Å²) >= 11 is 0. The van der Waals surface area contributed by atoms with Crippen LogP contribution in [0.3, 0.4) is 0 Å². The Morgan fingerprint density at radius 2 is 1.23 bits per heavy atom. The maximum absolute atomic E-state index is 12.6. The van der Waals surface area contributed by atoms with E-state index in [1.807, 2.05) is 0 Å². The second-order valence-corrected chi connectivity index (χ2v) is 3.67. The molecule has 0 saturated heterocycles. The van der Waals surface area contributed by atoms with Gasteiger partial charge in [-0.3, -0.25) is 0 Å². The van der Waals surface area contributed by atoms with Gasteiger partial charge < -0.3 is 9.47 Å². The minimum atomic E-state index is -6.69. The molecule has 0 heterocycles. The second-order valence-electron chi connectivity index (χ2n) is 3.67. The highest BCUT2D eigenvalue weighted by atomic mass is 19.4. The zero-order valence-electron chi connectivity index (χ0n) is 9.87. The van der Waals surface area contributed by atoms with Gasteiger partial charge in [0.25, 0.3) is 0 Å². The lowest BCUT2D eigenvalue weighted by atomic mass is 10.2. The van der Waals surface area contributed by atoms with Crippen molar-refractivity contribution in [2.24, 2.45) is 0 Å². The Balaban J connectivity index is 4.59. The number of halogens is 11. The predicted molar refractivity (Wildman–Crippen MR) is 44.2 cm³/mol. The van der Waals surface area contributed by atoms with Crippen molar-refractivity contribution in [2.45, 2.75) is 30.4 Å². The summed E-state index contributed by atoms with van der Waals surface area (Å²) in [4.78, 5) is 10.5. The molecule has 0 unspecified atom stereocenters. The molecule has 0 spiro atoms. The molecule has 0 aliphatic carbocycles. The lowest BCUT2D eigenvalue weighted by molar-refractivity contribution is -0.359. The van der Waals surface area contributed by atoms with Crippen molar-refractivity contribution in [3.05, 3.63) is 0 Å². The lowest BCUT2D eigenvalue weighted by Gasteiger charge is -2.27. The lowest BCUT2D eigenvalue weighted by Crippen LogP contribution is -2.54. The highest BCUT2D eigenvalue weighted by molar-refractivity contribution is 5.59. The topological polar surface area (TPSA) is 35.5 Å². The Hall–Kier alpha value is -1.50. The molecule has 0 aromatic carbocycles. The molecule has 0 aliphatic rings. The Labute approximate surface area is 114 Å². The summed E-state index contributed by atoms with van der Waals surface area (Å²) in [5.41, 5.74) is 0. The van der Waals surface area contributed by atoms with Crippen molar-refractivity contribution < 1.29 is 62.6 Å². The van der Waals surface area contributed by atoms with E-state index in [1.165, 1.54) is 0 Å². The number of rotatable bonds is 6. The highest BCUT2D eigenvalue weighted by Crippen LogP contribution is 2.46. The maximum atomic E-state index is 12.6. The maximum Gasteiger partial charge on any atom is 0.508 e. The summed E-state index contributed by atoms with van der Waals surface area (Å²) in [7, 11) is 0. The third-order valence-electron chi connectivity index (χ3n) is 1.89. The van der Waals surface area contributed by atoms with E-state index in [9.17, 15) is 53.1 Å². The smallest absolute Gasteiger partial charge is 0.428 e. The van der Waals surface area contributed by atoms with Gasteiger partial charge in [0.2, 0.25) is 0 Å². The molecule has 0 radical (unpaired) electrons. The number of carbonyl (C=O) groups is 1. The molecule has 0 saturated carbocycles. The zero-order chi connectivity index (χ0) is 18.0. The average Bonchev–Trinajstić information content (AvgIpc) is 2.32. The minimum absolute atomic E-state index is 2.36. The van der Waals surface area contributed by atoms with Crippen molar-refractivity contribution in [2.75, 3.05) is 13.2 Å². The quantitative estimate of drug-likeness (QED) is 0.534. The van der Waals surface area contributed by atoms with E-state index in [0.717, 1.165) is 0 Å². The number of hydrogen-bond donors (Lipinski definition) is 0. The van der Waals surface area contributed by atoms with E-state index in [4.69, 9.17) is 0 Å². The fraction of sp³-hybridized carbons (Fsp3) is 0.875. The molecule has 0 rings (SSSR count). The molecule has 0 atom stereocenters. The van der Waals surface area contributed by atoms with Gasteiger partial charge in [-0.1, -0.05) is 0 Å². The van der Waals surface area contributed by atoms with Crippen LogP contribution >= 0.6 is 0 Å². The molecule has 0 N–H and O–H groups in total. The van der Waals surface area contributed by atoms with Gasteiger partial charge in [0, 0.05) is 0 Å². The fourth-order valence-corrected chi connectivity index (χ4v) is 0.707. The normalized spacial score (nSPS) is 14.2. The van der Waals surface area contributed by atoms with Crippen molar-refractivity contribution in [1.29, 1.82) is 0 Å². The van der Waals surface area contributed by atoms with Crippen LogP contribution in [0, 0.1) is 0 Å². The third-order valence-corrected chi connectivity index (χ3v) is 1.89. The van der Waals surface area contributed by atoms with Gasteiger partial charge in [0.05, 0.1) is 0 Å². The summed E-state index contributed by atoms with van der Waals surface area (Å²) < 4.78 is 139. The van der Waals surface area contributed by atoms with Crippen LogP contribution in [0.2, 0.25) is 0 Å².